The van der Waals surface area contributed by atoms with Crippen LogP contribution in [0.15, 0.2) is 23.1 Å². The average molecular weight is 284 g/mol. The number of hydrogen-bond acceptors (Lipinski definition) is 2. The summed E-state index contributed by atoms with van der Waals surface area (Å²) in [6.45, 7) is 4.35. The molecule has 19 heavy (non-hydrogen) atoms. The SMILES string of the molecule is CCCCC(CC)CSc1ccc(F)c(C(=O)O)c1. The fourth-order valence-electron chi connectivity index (χ4n) is 1.87. The number of thioether (sulfide) groups is 1. The predicted octanol–water partition coefficient (Wildman–Crippen LogP) is 4.83. The third-order valence-corrected chi connectivity index (χ3v) is 4.42. The van der Waals surface area contributed by atoms with Gasteiger partial charge in [-0.2, -0.15) is 0 Å². The molecular weight excluding hydrogens is 263 g/mol. The van der Waals surface area contributed by atoms with E-state index in [-0.39, 0.29) is 5.56 Å². The lowest BCUT2D eigenvalue weighted by Crippen LogP contribution is -2.03. The van der Waals surface area contributed by atoms with Crippen LogP contribution < -0.4 is 0 Å². The van der Waals surface area contributed by atoms with E-state index >= 15 is 0 Å². The number of aromatic carboxylic acids is 1. The molecule has 0 saturated heterocycles. The molecule has 0 fully saturated rings. The van der Waals surface area contributed by atoms with E-state index in [1.54, 1.807) is 17.8 Å². The van der Waals surface area contributed by atoms with Gasteiger partial charge in [-0.25, -0.2) is 9.18 Å². The van der Waals surface area contributed by atoms with E-state index < -0.39 is 11.8 Å². The minimum absolute atomic E-state index is 0.244. The molecule has 106 valence electrons. The van der Waals surface area contributed by atoms with Crippen molar-refractivity contribution >= 4 is 17.7 Å². The monoisotopic (exact) mass is 284 g/mol. The van der Waals surface area contributed by atoms with Gasteiger partial charge in [0.05, 0.1) is 5.56 Å². The smallest absolute Gasteiger partial charge is 0.338 e. The Morgan fingerprint density at radius 1 is 1.42 bits per heavy atom. The highest BCUT2D eigenvalue weighted by molar-refractivity contribution is 7.99. The standard InChI is InChI=1S/C15H21FO2S/c1-3-5-6-11(4-2)10-19-12-7-8-14(16)13(9-12)15(17)18/h7-9,11H,3-6,10H2,1-2H3,(H,17,18). The summed E-state index contributed by atoms with van der Waals surface area (Å²) >= 11 is 1.61. The van der Waals surface area contributed by atoms with Crippen molar-refractivity contribution in [1.82, 2.24) is 0 Å². The fraction of sp³-hybridized carbons (Fsp3) is 0.533. The van der Waals surface area contributed by atoms with Crippen LogP contribution in [0.25, 0.3) is 0 Å². The number of carboxylic acids is 1. The molecule has 0 amide bonds. The molecule has 0 saturated carbocycles. The number of benzene rings is 1. The molecule has 0 bridgehead atoms. The molecule has 0 heterocycles. The zero-order valence-corrected chi connectivity index (χ0v) is 12.3. The van der Waals surface area contributed by atoms with E-state index in [1.807, 2.05) is 0 Å². The molecule has 0 radical (unpaired) electrons. The van der Waals surface area contributed by atoms with E-state index in [0.717, 1.165) is 17.1 Å². The van der Waals surface area contributed by atoms with Crippen LogP contribution in [-0.2, 0) is 0 Å². The van der Waals surface area contributed by atoms with Crippen molar-refractivity contribution < 1.29 is 14.3 Å². The first-order valence-corrected chi connectivity index (χ1v) is 7.72. The number of unbranched alkanes of at least 4 members (excludes halogenated alkanes) is 1. The summed E-state index contributed by atoms with van der Waals surface area (Å²) in [4.78, 5) is 11.7. The van der Waals surface area contributed by atoms with Gasteiger partial charge in [0.15, 0.2) is 0 Å². The molecule has 0 aliphatic rings. The zero-order valence-electron chi connectivity index (χ0n) is 11.5. The van der Waals surface area contributed by atoms with E-state index in [0.29, 0.717) is 5.92 Å². The van der Waals surface area contributed by atoms with E-state index in [2.05, 4.69) is 13.8 Å². The Morgan fingerprint density at radius 2 is 2.16 bits per heavy atom. The van der Waals surface area contributed by atoms with Crippen LogP contribution in [0, 0.1) is 11.7 Å². The molecule has 1 atom stereocenters. The second-order valence-corrected chi connectivity index (χ2v) is 5.77. The molecule has 0 aliphatic carbocycles. The van der Waals surface area contributed by atoms with Crippen molar-refractivity contribution in [1.29, 1.82) is 0 Å². The zero-order chi connectivity index (χ0) is 14.3. The molecule has 2 nitrogen and oxygen atoms in total. The van der Waals surface area contributed by atoms with Crippen molar-refractivity contribution in [2.75, 3.05) is 5.75 Å². The predicted molar refractivity (Wildman–Crippen MR) is 77.4 cm³/mol. The van der Waals surface area contributed by atoms with Crippen LogP contribution in [0.3, 0.4) is 0 Å². The normalized spacial score (nSPS) is 12.4. The maximum Gasteiger partial charge on any atom is 0.338 e. The van der Waals surface area contributed by atoms with Crippen LogP contribution in [0.1, 0.15) is 49.9 Å². The molecule has 1 aromatic carbocycles. The van der Waals surface area contributed by atoms with Crippen LogP contribution in [0.5, 0.6) is 0 Å². The quantitative estimate of drug-likeness (QED) is 0.694. The van der Waals surface area contributed by atoms with Crippen LogP contribution in [0.4, 0.5) is 4.39 Å². The first kappa shape index (κ1) is 16.0. The number of carboxylic acid groups (broad SMARTS) is 1. The summed E-state index contributed by atoms with van der Waals surface area (Å²) in [6.07, 6.45) is 4.75. The summed E-state index contributed by atoms with van der Waals surface area (Å²) in [6, 6.07) is 4.31. The first-order valence-electron chi connectivity index (χ1n) is 6.74. The van der Waals surface area contributed by atoms with Gasteiger partial charge in [0.25, 0.3) is 0 Å². The van der Waals surface area contributed by atoms with E-state index in [4.69, 9.17) is 5.11 Å². The van der Waals surface area contributed by atoms with Gasteiger partial charge in [-0.1, -0.05) is 33.1 Å². The highest BCUT2D eigenvalue weighted by atomic mass is 32.2. The van der Waals surface area contributed by atoms with Gasteiger partial charge >= 0.3 is 5.97 Å². The Hall–Kier alpha value is -1.03. The van der Waals surface area contributed by atoms with Crippen molar-refractivity contribution in [3.8, 4) is 0 Å². The van der Waals surface area contributed by atoms with Gasteiger partial charge in [0.1, 0.15) is 5.82 Å². The summed E-state index contributed by atoms with van der Waals surface area (Å²) in [5.41, 5.74) is -0.244. The van der Waals surface area contributed by atoms with E-state index in [9.17, 15) is 9.18 Å². The third kappa shape index (κ3) is 5.23. The summed E-state index contributed by atoms with van der Waals surface area (Å²) in [7, 11) is 0. The fourth-order valence-corrected chi connectivity index (χ4v) is 3.07. The first-order chi connectivity index (χ1) is 9.08. The topological polar surface area (TPSA) is 37.3 Å². The Kier molecular flexibility index (Phi) is 6.92. The Labute approximate surface area is 118 Å². The van der Waals surface area contributed by atoms with Gasteiger partial charge in [-0.15, -0.1) is 11.8 Å². The largest absolute Gasteiger partial charge is 0.478 e. The van der Waals surface area contributed by atoms with Crippen molar-refractivity contribution in [2.45, 2.75) is 44.4 Å². The van der Waals surface area contributed by atoms with E-state index in [1.165, 1.54) is 31.4 Å². The molecule has 4 heteroatoms. The van der Waals surface area contributed by atoms with Gasteiger partial charge in [-0.05, 0) is 30.5 Å². The minimum atomic E-state index is -1.21. The molecule has 1 aromatic rings. The number of halogens is 1. The molecule has 0 aromatic heterocycles. The highest BCUT2D eigenvalue weighted by Crippen LogP contribution is 2.26. The molecule has 1 rings (SSSR count). The van der Waals surface area contributed by atoms with Gasteiger partial charge in [-0.3, -0.25) is 0 Å². The maximum absolute atomic E-state index is 13.3. The lowest BCUT2D eigenvalue weighted by molar-refractivity contribution is 0.0691. The second kappa shape index (κ2) is 8.20. The van der Waals surface area contributed by atoms with Crippen LogP contribution in [-0.4, -0.2) is 16.8 Å². The second-order valence-electron chi connectivity index (χ2n) is 4.67. The number of rotatable bonds is 8. The molecular formula is C15H21FO2S. The van der Waals surface area contributed by atoms with Gasteiger partial charge in [0, 0.05) is 10.6 Å². The van der Waals surface area contributed by atoms with Crippen molar-refractivity contribution in [2.24, 2.45) is 5.92 Å². The molecule has 0 spiro atoms. The van der Waals surface area contributed by atoms with Crippen molar-refractivity contribution in [3.05, 3.63) is 29.6 Å². The van der Waals surface area contributed by atoms with Crippen LogP contribution >= 0.6 is 11.8 Å². The molecule has 1 unspecified atom stereocenters. The molecule has 0 aliphatic heterocycles. The Morgan fingerprint density at radius 3 is 2.74 bits per heavy atom. The lowest BCUT2D eigenvalue weighted by atomic mass is 10.0. The van der Waals surface area contributed by atoms with Gasteiger partial charge in [0.2, 0.25) is 0 Å². The van der Waals surface area contributed by atoms with Crippen molar-refractivity contribution in [3.63, 3.8) is 0 Å². The van der Waals surface area contributed by atoms with Gasteiger partial charge < -0.3 is 5.11 Å². The molecule has 1 N–H and O–H groups in total. The third-order valence-electron chi connectivity index (χ3n) is 3.20. The highest BCUT2D eigenvalue weighted by Gasteiger charge is 2.12. The maximum atomic E-state index is 13.3. The Balaban J connectivity index is 2.61. The average Bonchev–Trinajstić information content (AvgIpc) is 2.40. The van der Waals surface area contributed by atoms with Crippen LogP contribution in [0.2, 0.25) is 0 Å². The summed E-state index contributed by atoms with van der Waals surface area (Å²) in [5.74, 6) is -0.280. The lowest BCUT2D eigenvalue weighted by Gasteiger charge is -2.14. The number of hydrogen-bond donors (Lipinski definition) is 1. The Bertz CT molecular complexity index is 421. The summed E-state index contributed by atoms with van der Waals surface area (Å²) < 4.78 is 13.3. The number of carbonyl (C=O) groups is 1. The minimum Gasteiger partial charge on any atom is -0.478 e. The summed E-state index contributed by atoms with van der Waals surface area (Å²) in [5, 5.41) is 8.88.